The van der Waals surface area contributed by atoms with Gasteiger partial charge in [0, 0.05) is 49.5 Å². The summed E-state index contributed by atoms with van der Waals surface area (Å²) in [7, 11) is 0. The molecule has 4 heterocycles. The number of para-hydroxylation sites is 1. The van der Waals surface area contributed by atoms with Crippen molar-refractivity contribution in [3.05, 3.63) is 60.6 Å². The molecule has 0 spiro atoms. The molecule has 35 heavy (non-hydrogen) atoms. The first kappa shape index (κ1) is 26.5. The number of aromatic nitrogens is 4. The van der Waals surface area contributed by atoms with Gasteiger partial charge in [0.1, 0.15) is 5.52 Å². The highest BCUT2D eigenvalue weighted by Crippen LogP contribution is 2.25. The van der Waals surface area contributed by atoms with Crippen LogP contribution >= 0.6 is 0 Å². The summed E-state index contributed by atoms with van der Waals surface area (Å²) in [6, 6.07) is 13.1. The Kier molecular flexibility index (Phi) is 8.74. The van der Waals surface area contributed by atoms with E-state index in [9.17, 15) is 0 Å². The number of likely N-dealkylation sites (tertiary alicyclic amines) is 1. The van der Waals surface area contributed by atoms with Crippen LogP contribution in [0.5, 0.6) is 0 Å². The number of nitrogens with two attached hydrogens (primary N) is 1. The molecular weight excluding hydrogens is 442 g/mol. The summed E-state index contributed by atoms with van der Waals surface area (Å²) in [6.45, 7) is 8.20. The number of rotatable bonds is 7. The number of hydrogen-bond donors (Lipinski definition) is 2. The zero-order valence-corrected chi connectivity index (χ0v) is 20.5. The fourth-order valence-corrected chi connectivity index (χ4v) is 4.67. The molecule has 5 rings (SSSR count). The molecule has 0 amide bonds. The van der Waals surface area contributed by atoms with Gasteiger partial charge in [0.25, 0.3) is 0 Å². The third-order valence-electron chi connectivity index (χ3n) is 6.84. The maximum atomic E-state index is 6.30. The number of anilines is 1. The van der Waals surface area contributed by atoms with E-state index in [1.54, 1.807) is 0 Å². The minimum absolute atomic E-state index is 0. The van der Waals surface area contributed by atoms with Crippen LogP contribution in [0.15, 0.2) is 55.0 Å². The van der Waals surface area contributed by atoms with Gasteiger partial charge in [-0.3, -0.25) is 9.97 Å². The van der Waals surface area contributed by atoms with E-state index in [0.717, 1.165) is 60.4 Å². The molecule has 0 radical (unpaired) electrons. The first-order chi connectivity index (χ1) is 16.1. The van der Waals surface area contributed by atoms with E-state index in [0.29, 0.717) is 18.5 Å². The molecule has 9 heteroatoms. The monoisotopic (exact) mass is 479 g/mol. The molecule has 1 saturated heterocycles. The maximum absolute atomic E-state index is 6.30. The van der Waals surface area contributed by atoms with Crippen molar-refractivity contribution in [2.45, 2.75) is 45.3 Å². The van der Waals surface area contributed by atoms with Gasteiger partial charge in [-0.05, 0) is 36.5 Å². The molecule has 1 fully saturated rings. The van der Waals surface area contributed by atoms with Gasteiger partial charge < -0.3 is 31.5 Å². The SMILES string of the molecule is CC(C)C(N)CN1CCC(Nc2nc3cnccc3n2Cc2cccc3cccnc23)CC1.O.O. The van der Waals surface area contributed by atoms with Gasteiger partial charge in [0.2, 0.25) is 5.95 Å². The Labute approximate surface area is 206 Å². The lowest BCUT2D eigenvalue weighted by atomic mass is 10.0. The Morgan fingerprint density at radius 3 is 2.60 bits per heavy atom. The minimum Gasteiger partial charge on any atom is -0.412 e. The first-order valence-corrected chi connectivity index (χ1v) is 12.0. The molecule has 7 N–H and O–H groups in total. The highest BCUT2D eigenvalue weighted by molar-refractivity contribution is 5.82. The van der Waals surface area contributed by atoms with Crippen molar-refractivity contribution in [3.63, 3.8) is 0 Å². The van der Waals surface area contributed by atoms with E-state index >= 15 is 0 Å². The number of piperidine rings is 1. The fourth-order valence-electron chi connectivity index (χ4n) is 4.67. The van der Waals surface area contributed by atoms with Crippen molar-refractivity contribution in [3.8, 4) is 0 Å². The second kappa shape index (κ2) is 11.5. The molecule has 0 aliphatic carbocycles. The number of nitrogens with one attached hydrogen (secondary N) is 1. The Hall–Kier alpha value is -3.11. The Bertz CT molecular complexity index is 1230. The average molecular weight is 480 g/mol. The van der Waals surface area contributed by atoms with Crippen molar-refractivity contribution in [1.82, 2.24) is 24.4 Å². The van der Waals surface area contributed by atoms with Crippen LogP contribution in [0.4, 0.5) is 5.95 Å². The Balaban J connectivity index is 0.00000171. The second-order valence-electron chi connectivity index (χ2n) is 9.51. The molecule has 1 aliphatic heterocycles. The highest BCUT2D eigenvalue weighted by atomic mass is 16.0. The van der Waals surface area contributed by atoms with E-state index in [1.165, 1.54) is 5.56 Å². The van der Waals surface area contributed by atoms with E-state index in [4.69, 9.17) is 10.7 Å². The predicted octanol–water partition coefficient (Wildman–Crippen LogP) is 2.24. The van der Waals surface area contributed by atoms with Crippen molar-refractivity contribution in [1.29, 1.82) is 0 Å². The van der Waals surface area contributed by atoms with Gasteiger partial charge in [-0.25, -0.2) is 4.98 Å². The van der Waals surface area contributed by atoms with Crippen molar-refractivity contribution in [2.75, 3.05) is 25.0 Å². The van der Waals surface area contributed by atoms with Gasteiger partial charge in [-0.1, -0.05) is 38.1 Å². The molecule has 1 aromatic carbocycles. The molecule has 9 nitrogen and oxygen atoms in total. The second-order valence-corrected chi connectivity index (χ2v) is 9.51. The summed E-state index contributed by atoms with van der Waals surface area (Å²) in [5.41, 5.74) is 10.5. The van der Waals surface area contributed by atoms with Crippen molar-refractivity contribution >= 4 is 27.9 Å². The largest absolute Gasteiger partial charge is 0.412 e. The minimum atomic E-state index is 0. The molecule has 0 saturated carbocycles. The van der Waals surface area contributed by atoms with Gasteiger partial charge >= 0.3 is 0 Å². The zero-order chi connectivity index (χ0) is 22.8. The number of hydrogen-bond acceptors (Lipinski definition) is 6. The van der Waals surface area contributed by atoms with E-state index in [1.807, 2.05) is 30.7 Å². The molecule has 1 unspecified atom stereocenters. The third-order valence-corrected chi connectivity index (χ3v) is 6.84. The van der Waals surface area contributed by atoms with Crippen LogP contribution in [0, 0.1) is 5.92 Å². The third kappa shape index (κ3) is 5.76. The molecule has 188 valence electrons. The lowest BCUT2D eigenvalue weighted by molar-refractivity contribution is 0.194. The van der Waals surface area contributed by atoms with E-state index in [2.05, 4.69) is 62.9 Å². The highest BCUT2D eigenvalue weighted by Gasteiger charge is 2.23. The summed E-state index contributed by atoms with van der Waals surface area (Å²) >= 11 is 0. The van der Waals surface area contributed by atoms with Crippen LogP contribution in [0.1, 0.15) is 32.3 Å². The standard InChI is InChI=1S/C26H33N7.2H2O/c1-18(2)22(27)17-32-13-9-21(10-14-32)30-26-31-23-15-28-12-8-24(23)33(26)16-20-6-3-5-19-7-4-11-29-25(19)20;;/h3-8,11-12,15,18,21-22H,9-10,13-14,16-17,27H2,1-2H3,(H,30,31);2*1H2. The first-order valence-electron chi connectivity index (χ1n) is 12.0. The van der Waals surface area contributed by atoms with Gasteiger partial charge in [0.15, 0.2) is 0 Å². The van der Waals surface area contributed by atoms with E-state index in [-0.39, 0.29) is 17.0 Å². The van der Waals surface area contributed by atoms with Crippen LogP contribution in [0.25, 0.3) is 21.9 Å². The normalized spacial score (nSPS) is 15.7. The smallest absolute Gasteiger partial charge is 0.204 e. The number of nitrogens with zero attached hydrogens (tertiary/aromatic N) is 5. The van der Waals surface area contributed by atoms with Crippen LogP contribution in [0.2, 0.25) is 0 Å². The lowest BCUT2D eigenvalue weighted by Crippen LogP contribution is -2.46. The van der Waals surface area contributed by atoms with Crippen LogP contribution in [-0.4, -0.2) is 67.1 Å². The Morgan fingerprint density at radius 2 is 1.83 bits per heavy atom. The quantitative estimate of drug-likeness (QED) is 0.415. The van der Waals surface area contributed by atoms with E-state index < -0.39 is 0 Å². The van der Waals surface area contributed by atoms with Crippen LogP contribution in [-0.2, 0) is 6.54 Å². The number of benzene rings is 1. The summed E-state index contributed by atoms with van der Waals surface area (Å²) in [4.78, 5) is 16.3. The van der Waals surface area contributed by atoms with Gasteiger partial charge in [0.05, 0.1) is 23.8 Å². The summed E-state index contributed by atoms with van der Waals surface area (Å²) in [5, 5.41) is 4.90. The maximum Gasteiger partial charge on any atom is 0.204 e. The Morgan fingerprint density at radius 1 is 1.06 bits per heavy atom. The van der Waals surface area contributed by atoms with Gasteiger partial charge in [-0.2, -0.15) is 0 Å². The molecule has 1 aliphatic rings. The number of pyridine rings is 2. The molecule has 1 atom stereocenters. The summed E-state index contributed by atoms with van der Waals surface area (Å²) in [5.74, 6) is 1.42. The molecule has 4 aromatic rings. The molecule has 3 aromatic heterocycles. The topological polar surface area (TPSA) is 148 Å². The molecular formula is C26H37N7O2. The molecule has 0 bridgehead atoms. The average Bonchev–Trinajstić information content (AvgIpc) is 3.17. The fraction of sp³-hybridized carbons (Fsp3) is 0.423. The predicted molar refractivity (Wildman–Crippen MR) is 141 cm³/mol. The van der Waals surface area contributed by atoms with Crippen LogP contribution < -0.4 is 11.1 Å². The summed E-state index contributed by atoms with van der Waals surface area (Å²) in [6.07, 6.45) is 7.71. The van der Waals surface area contributed by atoms with Crippen molar-refractivity contribution < 1.29 is 11.0 Å². The summed E-state index contributed by atoms with van der Waals surface area (Å²) < 4.78 is 2.27. The van der Waals surface area contributed by atoms with Gasteiger partial charge in [-0.15, -0.1) is 0 Å². The zero-order valence-electron chi connectivity index (χ0n) is 20.5. The number of fused-ring (bicyclic) bond motifs is 2. The van der Waals surface area contributed by atoms with Crippen molar-refractivity contribution in [2.24, 2.45) is 11.7 Å². The van der Waals surface area contributed by atoms with Crippen LogP contribution in [0.3, 0.4) is 0 Å². The number of imidazole rings is 1. The lowest BCUT2D eigenvalue weighted by Gasteiger charge is -2.34.